The molecule has 0 aliphatic heterocycles. The van der Waals surface area contributed by atoms with Gasteiger partial charge in [0, 0.05) is 17.3 Å². The van der Waals surface area contributed by atoms with E-state index in [9.17, 15) is 4.79 Å². The Morgan fingerprint density at radius 3 is 2.77 bits per heavy atom. The summed E-state index contributed by atoms with van der Waals surface area (Å²) in [6.45, 7) is 2.62. The van der Waals surface area contributed by atoms with Gasteiger partial charge in [0.15, 0.2) is 17.2 Å². The van der Waals surface area contributed by atoms with Crippen LogP contribution in [0, 0.1) is 0 Å². The number of ether oxygens (including phenoxy) is 3. The molecule has 140 valence electrons. The summed E-state index contributed by atoms with van der Waals surface area (Å²) in [4.78, 5) is 12.3. The minimum Gasteiger partial charge on any atom is -0.493 e. The Morgan fingerprint density at radius 2 is 2.08 bits per heavy atom. The van der Waals surface area contributed by atoms with Crippen molar-refractivity contribution >= 4 is 5.97 Å². The number of methoxy groups -OCH3 is 2. The van der Waals surface area contributed by atoms with Crippen LogP contribution in [0.25, 0.3) is 0 Å². The zero-order valence-corrected chi connectivity index (χ0v) is 15.4. The first kappa shape index (κ1) is 18.3. The summed E-state index contributed by atoms with van der Waals surface area (Å²) in [7, 11) is 3.21. The molecule has 0 saturated carbocycles. The highest BCUT2D eigenvalue weighted by Crippen LogP contribution is 2.33. The summed E-state index contributed by atoms with van der Waals surface area (Å²) in [6.07, 6.45) is 2.68. The number of hydrogen-bond donors (Lipinski definition) is 1. The van der Waals surface area contributed by atoms with Crippen molar-refractivity contribution in [3.05, 3.63) is 40.7 Å². The Morgan fingerprint density at radius 1 is 1.31 bits per heavy atom. The van der Waals surface area contributed by atoms with Crippen LogP contribution in [0.4, 0.5) is 0 Å². The number of carbonyl (C=O) groups excluding carboxylic acids is 1. The number of esters is 1. The lowest BCUT2D eigenvalue weighted by Gasteiger charge is -2.20. The van der Waals surface area contributed by atoms with Gasteiger partial charge in [0.2, 0.25) is 0 Å². The standard InChI is InChI=1S/C19H25N3O4/c1-4-26-19(23)18-17-13(20)6-5-7-14(17)22(21-18)11-12-8-9-15(24-2)16(10-12)25-3/h8-10,13H,4-7,11,20H2,1-3H3. The fourth-order valence-corrected chi connectivity index (χ4v) is 3.43. The number of carbonyl (C=O) groups is 1. The van der Waals surface area contributed by atoms with Crippen molar-refractivity contribution in [2.24, 2.45) is 5.73 Å². The molecule has 1 aromatic carbocycles. The van der Waals surface area contributed by atoms with Crippen molar-refractivity contribution in [2.75, 3.05) is 20.8 Å². The van der Waals surface area contributed by atoms with Crippen molar-refractivity contribution in [3.8, 4) is 11.5 Å². The third-order valence-corrected chi connectivity index (χ3v) is 4.65. The molecular formula is C19H25N3O4. The molecule has 7 nitrogen and oxygen atoms in total. The molecule has 2 aromatic rings. The number of fused-ring (bicyclic) bond motifs is 1. The van der Waals surface area contributed by atoms with Crippen LogP contribution < -0.4 is 15.2 Å². The maximum Gasteiger partial charge on any atom is 0.359 e. The summed E-state index contributed by atoms with van der Waals surface area (Å²) in [5, 5.41) is 4.54. The highest BCUT2D eigenvalue weighted by Gasteiger charge is 2.30. The van der Waals surface area contributed by atoms with E-state index in [0.717, 1.165) is 36.1 Å². The molecular weight excluding hydrogens is 334 g/mol. The van der Waals surface area contributed by atoms with E-state index < -0.39 is 5.97 Å². The summed E-state index contributed by atoms with van der Waals surface area (Å²) in [5.74, 6) is 0.925. The van der Waals surface area contributed by atoms with E-state index in [-0.39, 0.29) is 6.04 Å². The second-order valence-corrected chi connectivity index (χ2v) is 6.28. The van der Waals surface area contributed by atoms with Gasteiger partial charge >= 0.3 is 5.97 Å². The predicted molar refractivity (Wildman–Crippen MR) is 96.7 cm³/mol. The normalized spacial score (nSPS) is 16.1. The molecule has 7 heteroatoms. The molecule has 1 atom stereocenters. The van der Waals surface area contributed by atoms with Crippen LogP contribution in [0.1, 0.15) is 53.1 Å². The first-order valence-corrected chi connectivity index (χ1v) is 8.82. The van der Waals surface area contributed by atoms with Crippen LogP contribution in [0.2, 0.25) is 0 Å². The van der Waals surface area contributed by atoms with Crippen LogP contribution >= 0.6 is 0 Å². The van der Waals surface area contributed by atoms with E-state index in [2.05, 4.69) is 5.10 Å². The van der Waals surface area contributed by atoms with Gasteiger partial charge in [-0.25, -0.2) is 4.79 Å². The van der Waals surface area contributed by atoms with Gasteiger partial charge in [0.1, 0.15) is 0 Å². The molecule has 0 spiro atoms. The summed E-state index contributed by atoms with van der Waals surface area (Å²) in [5.41, 5.74) is 9.46. The van der Waals surface area contributed by atoms with Gasteiger partial charge in [-0.05, 0) is 43.9 Å². The van der Waals surface area contributed by atoms with Gasteiger partial charge in [-0.3, -0.25) is 4.68 Å². The third kappa shape index (κ3) is 3.39. The third-order valence-electron chi connectivity index (χ3n) is 4.65. The van der Waals surface area contributed by atoms with Crippen molar-refractivity contribution in [2.45, 2.75) is 38.8 Å². The molecule has 1 aliphatic rings. The molecule has 1 aliphatic carbocycles. The summed E-state index contributed by atoms with van der Waals surface area (Å²) >= 11 is 0. The zero-order chi connectivity index (χ0) is 18.7. The van der Waals surface area contributed by atoms with Crippen LogP contribution in [0.15, 0.2) is 18.2 Å². The molecule has 1 heterocycles. The van der Waals surface area contributed by atoms with E-state index in [4.69, 9.17) is 19.9 Å². The minimum atomic E-state index is -0.410. The quantitative estimate of drug-likeness (QED) is 0.797. The average molecular weight is 359 g/mol. The van der Waals surface area contributed by atoms with Gasteiger partial charge in [0.05, 0.1) is 27.4 Å². The largest absolute Gasteiger partial charge is 0.493 e. The first-order valence-electron chi connectivity index (χ1n) is 8.82. The van der Waals surface area contributed by atoms with E-state index in [1.807, 2.05) is 22.9 Å². The van der Waals surface area contributed by atoms with Crippen molar-refractivity contribution in [1.82, 2.24) is 9.78 Å². The number of hydrogen-bond acceptors (Lipinski definition) is 6. The number of benzene rings is 1. The van der Waals surface area contributed by atoms with Gasteiger partial charge in [-0.15, -0.1) is 0 Å². The molecule has 3 rings (SSSR count). The number of nitrogens with zero attached hydrogens (tertiary/aromatic N) is 2. The molecule has 0 saturated heterocycles. The predicted octanol–water partition coefficient (Wildman–Crippen LogP) is 2.46. The minimum absolute atomic E-state index is 0.183. The zero-order valence-electron chi connectivity index (χ0n) is 15.4. The SMILES string of the molecule is CCOC(=O)c1nn(Cc2ccc(OC)c(OC)c2)c2c1C(N)CCC2. The Bertz CT molecular complexity index is 800. The Balaban J connectivity index is 1.98. The molecule has 0 bridgehead atoms. The van der Waals surface area contributed by atoms with Gasteiger partial charge < -0.3 is 19.9 Å². The fourth-order valence-electron chi connectivity index (χ4n) is 3.43. The maximum atomic E-state index is 12.3. The van der Waals surface area contributed by atoms with Crippen LogP contribution in [0.5, 0.6) is 11.5 Å². The molecule has 2 N–H and O–H groups in total. The number of aromatic nitrogens is 2. The first-order chi connectivity index (χ1) is 12.6. The summed E-state index contributed by atoms with van der Waals surface area (Å²) in [6, 6.07) is 5.56. The van der Waals surface area contributed by atoms with E-state index in [1.165, 1.54) is 0 Å². The highest BCUT2D eigenvalue weighted by molar-refractivity contribution is 5.89. The van der Waals surface area contributed by atoms with E-state index in [0.29, 0.717) is 30.3 Å². The Labute approximate surface area is 153 Å². The topological polar surface area (TPSA) is 88.6 Å². The second-order valence-electron chi connectivity index (χ2n) is 6.28. The monoisotopic (exact) mass is 359 g/mol. The van der Waals surface area contributed by atoms with Gasteiger partial charge in [-0.1, -0.05) is 6.07 Å². The van der Waals surface area contributed by atoms with Gasteiger partial charge in [-0.2, -0.15) is 5.10 Å². The van der Waals surface area contributed by atoms with Crippen LogP contribution in [-0.4, -0.2) is 36.6 Å². The molecule has 1 unspecified atom stereocenters. The lowest BCUT2D eigenvalue weighted by molar-refractivity contribution is 0.0516. The van der Waals surface area contributed by atoms with Gasteiger partial charge in [0.25, 0.3) is 0 Å². The average Bonchev–Trinajstić information content (AvgIpc) is 3.02. The van der Waals surface area contributed by atoms with E-state index in [1.54, 1.807) is 21.1 Å². The Kier molecular flexibility index (Phi) is 5.46. The van der Waals surface area contributed by atoms with E-state index >= 15 is 0 Å². The number of rotatable bonds is 6. The maximum absolute atomic E-state index is 12.3. The van der Waals surface area contributed by atoms with Crippen LogP contribution in [-0.2, 0) is 17.7 Å². The second kappa shape index (κ2) is 7.78. The number of nitrogens with two attached hydrogens (primary N) is 1. The van der Waals surface area contributed by atoms with Crippen molar-refractivity contribution in [3.63, 3.8) is 0 Å². The highest BCUT2D eigenvalue weighted by atomic mass is 16.5. The summed E-state index contributed by atoms with van der Waals surface area (Å²) < 4.78 is 17.7. The lowest BCUT2D eigenvalue weighted by atomic mass is 9.91. The molecule has 0 amide bonds. The molecule has 1 aromatic heterocycles. The molecule has 26 heavy (non-hydrogen) atoms. The molecule has 0 radical (unpaired) electrons. The van der Waals surface area contributed by atoms with Crippen molar-refractivity contribution in [1.29, 1.82) is 0 Å². The Hall–Kier alpha value is -2.54. The lowest BCUT2D eigenvalue weighted by Crippen LogP contribution is -2.20. The van der Waals surface area contributed by atoms with Crippen molar-refractivity contribution < 1.29 is 19.0 Å². The smallest absolute Gasteiger partial charge is 0.359 e. The van der Waals surface area contributed by atoms with Crippen LogP contribution in [0.3, 0.4) is 0 Å². The molecule has 0 fully saturated rings. The fraction of sp³-hybridized carbons (Fsp3) is 0.474.